The second-order valence-corrected chi connectivity index (χ2v) is 8.80. The Morgan fingerprint density at radius 2 is 1.97 bits per heavy atom. The molecule has 6 nitrogen and oxygen atoms in total. The topological polar surface area (TPSA) is 69.3 Å². The van der Waals surface area contributed by atoms with Crippen molar-refractivity contribution < 1.29 is 14.0 Å². The van der Waals surface area contributed by atoms with Crippen molar-refractivity contribution >= 4 is 26.4 Å². The van der Waals surface area contributed by atoms with Crippen LogP contribution in [0.25, 0.3) is 0 Å². The van der Waals surface area contributed by atoms with Crippen LogP contribution in [0.4, 0.5) is 4.39 Å². The average molecular weight is 430 g/mol. The summed E-state index contributed by atoms with van der Waals surface area (Å²) in [6, 6.07) is 3.86. The van der Waals surface area contributed by atoms with Gasteiger partial charge in [0.1, 0.15) is 5.82 Å². The summed E-state index contributed by atoms with van der Waals surface area (Å²) >= 11 is 0. The Bertz CT molecular complexity index is 982. The highest BCUT2D eigenvalue weighted by Gasteiger charge is 2.31. The van der Waals surface area contributed by atoms with Gasteiger partial charge in [-0.2, -0.15) is 5.10 Å². The summed E-state index contributed by atoms with van der Waals surface area (Å²) in [6.07, 6.45) is 2.95. The number of benzene rings is 1. The quantitative estimate of drug-likeness (QED) is 0.761. The number of amides is 2. The van der Waals surface area contributed by atoms with Gasteiger partial charge in [-0.1, -0.05) is 19.1 Å². The fourth-order valence-electron chi connectivity index (χ4n) is 4.70. The zero-order valence-electron chi connectivity index (χ0n) is 17.5. The van der Waals surface area contributed by atoms with Crippen molar-refractivity contribution in [2.45, 2.75) is 52.0 Å². The standard InChI is InChI=1S/C22H28FN4O2P/c1-3-15-16(4-5-19(30)20(15)23)14-6-9-26(10-7-14)22(29)21-17-8-11-27(13(2)28)12-18(17)24-25-21/h4-5,14H,3,6-12,30H2,1-2H3,(H,24,25). The number of nitrogens with zero attached hydrogens (tertiary/aromatic N) is 3. The number of carbonyl (C=O) groups is 2. The van der Waals surface area contributed by atoms with Gasteiger partial charge in [0, 0.05) is 37.4 Å². The Kier molecular flexibility index (Phi) is 5.92. The monoisotopic (exact) mass is 430 g/mol. The molecule has 30 heavy (non-hydrogen) atoms. The number of piperidine rings is 1. The van der Waals surface area contributed by atoms with Crippen LogP contribution in [0.5, 0.6) is 0 Å². The molecule has 0 spiro atoms. The van der Waals surface area contributed by atoms with E-state index in [0.29, 0.717) is 50.0 Å². The van der Waals surface area contributed by atoms with Crippen LogP contribution < -0.4 is 5.30 Å². The number of aromatic amines is 1. The number of carbonyl (C=O) groups excluding carboxylic acids is 2. The van der Waals surface area contributed by atoms with Crippen LogP contribution >= 0.6 is 9.24 Å². The van der Waals surface area contributed by atoms with E-state index in [2.05, 4.69) is 19.4 Å². The van der Waals surface area contributed by atoms with Gasteiger partial charge in [0.25, 0.3) is 5.91 Å². The van der Waals surface area contributed by atoms with Crippen molar-refractivity contribution in [1.29, 1.82) is 0 Å². The molecule has 1 N–H and O–H groups in total. The number of hydrogen-bond donors (Lipinski definition) is 1. The Balaban J connectivity index is 1.45. The van der Waals surface area contributed by atoms with Crippen molar-refractivity contribution in [3.8, 4) is 0 Å². The summed E-state index contributed by atoms with van der Waals surface area (Å²) in [4.78, 5) is 28.3. The Morgan fingerprint density at radius 3 is 2.63 bits per heavy atom. The van der Waals surface area contributed by atoms with Gasteiger partial charge in [0.2, 0.25) is 5.91 Å². The van der Waals surface area contributed by atoms with Crippen LogP contribution in [0.1, 0.15) is 65.5 Å². The molecule has 2 aromatic rings. The number of nitrogens with one attached hydrogen (secondary N) is 1. The zero-order valence-corrected chi connectivity index (χ0v) is 18.7. The molecule has 2 aliphatic rings. The van der Waals surface area contributed by atoms with E-state index in [1.54, 1.807) is 11.8 Å². The fraction of sp³-hybridized carbons (Fsp3) is 0.500. The Morgan fingerprint density at radius 1 is 1.23 bits per heavy atom. The van der Waals surface area contributed by atoms with Crippen LogP contribution in [-0.2, 0) is 24.2 Å². The van der Waals surface area contributed by atoms with Gasteiger partial charge < -0.3 is 9.80 Å². The molecule has 1 fully saturated rings. The van der Waals surface area contributed by atoms with Crippen molar-refractivity contribution in [2.75, 3.05) is 19.6 Å². The third kappa shape index (κ3) is 3.76. The summed E-state index contributed by atoms with van der Waals surface area (Å²) in [7, 11) is 2.46. The lowest BCUT2D eigenvalue weighted by atomic mass is 9.85. The largest absolute Gasteiger partial charge is 0.337 e. The maximum Gasteiger partial charge on any atom is 0.274 e. The highest BCUT2D eigenvalue weighted by molar-refractivity contribution is 7.27. The maximum absolute atomic E-state index is 14.5. The predicted octanol–water partition coefficient (Wildman–Crippen LogP) is 2.54. The van der Waals surface area contributed by atoms with E-state index in [1.165, 1.54) is 0 Å². The summed E-state index contributed by atoms with van der Waals surface area (Å²) in [5.41, 5.74) is 4.15. The first-order valence-corrected chi connectivity index (χ1v) is 11.2. The molecule has 1 aromatic heterocycles. The molecular formula is C22H28FN4O2P. The third-order valence-electron chi connectivity index (χ3n) is 6.47. The molecule has 2 aliphatic heterocycles. The fourth-order valence-corrected chi connectivity index (χ4v) is 4.97. The minimum atomic E-state index is -0.124. The van der Waals surface area contributed by atoms with Crippen LogP contribution in [0.15, 0.2) is 12.1 Å². The first-order chi connectivity index (χ1) is 14.4. The molecule has 1 saturated heterocycles. The summed E-state index contributed by atoms with van der Waals surface area (Å²) in [5.74, 6) is 0.120. The smallest absolute Gasteiger partial charge is 0.274 e. The first kappa shape index (κ1) is 21.0. The molecule has 160 valence electrons. The summed E-state index contributed by atoms with van der Waals surface area (Å²) in [5, 5.41) is 7.85. The van der Waals surface area contributed by atoms with E-state index in [-0.39, 0.29) is 23.5 Å². The molecule has 0 bridgehead atoms. The zero-order chi connectivity index (χ0) is 21.4. The summed E-state index contributed by atoms with van der Waals surface area (Å²) in [6.45, 7) is 5.90. The van der Waals surface area contributed by atoms with Gasteiger partial charge in [0.15, 0.2) is 5.69 Å². The van der Waals surface area contributed by atoms with Gasteiger partial charge in [0.05, 0.1) is 12.2 Å². The minimum absolute atomic E-state index is 0.0304. The number of halogens is 1. The van der Waals surface area contributed by atoms with Crippen molar-refractivity contribution in [2.24, 2.45) is 0 Å². The SMILES string of the molecule is CCc1c(C2CCN(C(=O)c3n[nH]c4c3CCN(C(C)=O)C4)CC2)ccc(P)c1F. The number of H-pyrrole nitrogens is 1. The highest BCUT2D eigenvalue weighted by Crippen LogP contribution is 2.32. The number of aromatic nitrogens is 2. The van der Waals surface area contributed by atoms with Gasteiger partial charge in [-0.05, 0) is 42.7 Å². The van der Waals surface area contributed by atoms with Crippen LogP contribution in [0.2, 0.25) is 0 Å². The second kappa shape index (κ2) is 8.46. The van der Waals surface area contributed by atoms with Gasteiger partial charge in [-0.3, -0.25) is 14.7 Å². The second-order valence-electron chi connectivity index (χ2n) is 8.18. The number of hydrogen-bond acceptors (Lipinski definition) is 3. The van der Waals surface area contributed by atoms with Gasteiger partial charge >= 0.3 is 0 Å². The molecule has 1 aromatic carbocycles. The molecule has 0 radical (unpaired) electrons. The molecule has 0 aliphatic carbocycles. The lowest BCUT2D eigenvalue weighted by Gasteiger charge is -2.33. The average Bonchev–Trinajstić information content (AvgIpc) is 3.18. The lowest BCUT2D eigenvalue weighted by molar-refractivity contribution is -0.129. The van der Waals surface area contributed by atoms with E-state index in [9.17, 15) is 14.0 Å². The molecule has 1 unspecified atom stereocenters. The first-order valence-electron chi connectivity index (χ1n) is 10.6. The number of rotatable bonds is 3. The molecule has 4 rings (SSSR count). The molecule has 0 saturated carbocycles. The van der Waals surface area contributed by atoms with E-state index < -0.39 is 0 Å². The Hall–Kier alpha value is -2.27. The van der Waals surface area contributed by atoms with Gasteiger partial charge in [-0.25, -0.2) is 4.39 Å². The minimum Gasteiger partial charge on any atom is -0.337 e. The third-order valence-corrected chi connectivity index (χ3v) is 6.91. The molecule has 2 amide bonds. The highest BCUT2D eigenvalue weighted by atomic mass is 31.0. The van der Waals surface area contributed by atoms with E-state index in [4.69, 9.17) is 0 Å². The van der Waals surface area contributed by atoms with Gasteiger partial charge in [-0.15, -0.1) is 9.24 Å². The van der Waals surface area contributed by atoms with E-state index in [1.807, 2.05) is 24.0 Å². The van der Waals surface area contributed by atoms with Crippen LogP contribution in [0, 0.1) is 5.82 Å². The van der Waals surface area contributed by atoms with E-state index in [0.717, 1.165) is 35.2 Å². The summed E-state index contributed by atoms with van der Waals surface area (Å²) < 4.78 is 14.5. The number of fused-ring (bicyclic) bond motifs is 1. The normalized spacial score (nSPS) is 17.2. The molecule has 3 heterocycles. The lowest BCUT2D eigenvalue weighted by Crippen LogP contribution is -2.39. The maximum atomic E-state index is 14.5. The van der Waals surface area contributed by atoms with E-state index >= 15 is 0 Å². The van der Waals surface area contributed by atoms with Crippen molar-refractivity contribution in [3.63, 3.8) is 0 Å². The Labute approximate surface area is 178 Å². The number of likely N-dealkylation sites (tertiary alicyclic amines) is 1. The molecule has 8 heteroatoms. The van der Waals surface area contributed by atoms with Crippen molar-refractivity contribution in [1.82, 2.24) is 20.0 Å². The van der Waals surface area contributed by atoms with Crippen molar-refractivity contribution in [3.05, 3.63) is 46.0 Å². The molecule has 1 atom stereocenters. The van der Waals surface area contributed by atoms with Crippen LogP contribution in [0.3, 0.4) is 0 Å². The molecular weight excluding hydrogens is 402 g/mol. The van der Waals surface area contributed by atoms with Crippen LogP contribution in [-0.4, -0.2) is 51.4 Å². The predicted molar refractivity (Wildman–Crippen MR) is 116 cm³/mol.